The van der Waals surface area contributed by atoms with Gasteiger partial charge in [-0.3, -0.25) is 0 Å². The Balaban J connectivity index is 4.50. The van der Waals surface area contributed by atoms with Crippen molar-refractivity contribution >= 4 is 112 Å². The van der Waals surface area contributed by atoms with E-state index in [9.17, 15) is 0 Å². The summed E-state index contributed by atoms with van der Waals surface area (Å²) in [7, 11) is 0. The van der Waals surface area contributed by atoms with Crippen molar-refractivity contribution in [3.8, 4) is 0 Å². The molecular weight excluding hydrogens is 623 g/mol. The second kappa shape index (κ2) is 6.15. The molecule has 0 atom stereocenters. The van der Waals surface area contributed by atoms with E-state index in [4.69, 9.17) is 3.83 Å². The fourth-order valence-corrected chi connectivity index (χ4v) is 4.21. The van der Waals surface area contributed by atoms with Crippen LogP contribution in [0.5, 0.6) is 0 Å². The summed E-state index contributed by atoms with van der Waals surface area (Å²) < 4.78 is 4.03. The molecule has 0 aliphatic rings. The van der Waals surface area contributed by atoms with E-state index in [2.05, 4.69) is 112 Å². The molecule has 0 aromatic rings. The van der Waals surface area contributed by atoms with Crippen LogP contribution < -0.4 is 0 Å². The van der Waals surface area contributed by atoms with Gasteiger partial charge in [-0.05, 0) is 0 Å². The monoisotopic (exact) mass is 619 g/mol. The molecule has 1 nitrogen and oxygen atoms in total. The average molecular weight is 626 g/mol. The average Bonchev–Trinajstić information content (AvgIpc) is 1.86. The summed E-state index contributed by atoms with van der Waals surface area (Å²) in [6.07, 6.45) is 0. The van der Waals surface area contributed by atoms with Crippen LogP contribution in [-0.4, -0.2) is 16.8 Å². The predicted octanol–water partition coefficient (Wildman–Crippen LogP) is 5.40. The molecule has 0 amide bonds. The normalized spacial score (nSPS) is 14.0. The van der Waals surface area contributed by atoms with Crippen molar-refractivity contribution in [3.63, 3.8) is 0 Å². The fraction of sp³-hybridized carbons (Fsp3) is 1.00. The Kier molecular flexibility index (Phi) is 7.86. The summed E-state index contributed by atoms with van der Waals surface area (Å²) in [5.74, 6) is 0. The third-order valence-corrected chi connectivity index (χ3v) is 11.2. The highest BCUT2D eigenvalue weighted by atomic mass is 79.9. The third-order valence-electron chi connectivity index (χ3n) is 0.998. The van der Waals surface area contributed by atoms with Crippen molar-refractivity contribution in [3.05, 3.63) is 0 Å². The smallest absolute Gasteiger partial charge is 0.132 e. The summed E-state index contributed by atoms with van der Waals surface area (Å²) >= 11 is 23.6. The summed E-state index contributed by atoms with van der Waals surface area (Å²) in [4.78, 5) is 0. The number of hydrogen-bond donors (Lipinski definition) is 0. The van der Waals surface area contributed by atoms with Gasteiger partial charge < -0.3 is 3.83 Å². The van der Waals surface area contributed by atoms with E-state index >= 15 is 0 Å². The van der Waals surface area contributed by atoms with Gasteiger partial charge in [-0.2, -0.15) is 0 Å². The summed E-state index contributed by atoms with van der Waals surface area (Å²) in [6.45, 7) is 0.428. The van der Waals surface area contributed by atoms with E-state index in [1.54, 1.807) is 0 Å². The lowest BCUT2D eigenvalue weighted by Gasteiger charge is -2.34. The molecule has 74 valence electrons. The van der Waals surface area contributed by atoms with Crippen LogP contribution in [0.15, 0.2) is 0 Å². The molecule has 0 rings (SSSR count). The second-order valence-corrected chi connectivity index (χ2v) is 12.7. The van der Waals surface area contributed by atoms with E-state index in [-0.39, 0.29) is 3.74 Å². The van der Waals surface area contributed by atoms with E-state index in [0.717, 1.165) is 0 Å². The van der Waals surface area contributed by atoms with Gasteiger partial charge in [0.2, 0.25) is 0 Å². The first-order valence-electron chi connectivity index (χ1n) is 2.53. The van der Waals surface area contributed by atoms with Crippen LogP contribution in [-0.2, 0) is 3.83 Å². The van der Waals surface area contributed by atoms with Gasteiger partial charge in [0.05, 0.1) is 26.6 Å². The number of alkyl halides is 6. The SMILES string of the molecule is BrOCC(Br)(Br)C(Br)(Br)C(Br)Br. The van der Waals surface area contributed by atoms with E-state index < -0.39 is 6.47 Å². The summed E-state index contributed by atoms with van der Waals surface area (Å²) in [5.41, 5.74) is 0. The zero-order valence-corrected chi connectivity index (χ0v) is 16.4. The Morgan fingerprint density at radius 2 is 1.50 bits per heavy atom. The van der Waals surface area contributed by atoms with E-state index in [1.165, 1.54) is 0 Å². The zero-order chi connectivity index (χ0) is 9.99. The Labute approximate surface area is 130 Å². The number of halogens is 7. The van der Waals surface area contributed by atoms with Crippen LogP contribution in [0.1, 0.15) is 0 Å². The second-order valence-electron chi connectivity index (χ2n) is 1.88. The standard InChI is InChI=1S/C4H3Br7O/c5-2(6)4(9,10)3(7,8)1-12-11/h2H,1H2. The van der Waals surface area contributed by atoms with Gasteiger partial charge in [0.1, 0.15) is 6.47 Å². The molecule has 0 aromatic heterocycles. The van der Waals surface area contributed by atoms with E-state index in [0.29, 0.717) is 6.61 Å². The number of rotatable bonds is 4. The minimum atomic E-state index is -0.436. The third kappa shape index (κ3) is 4.06. The van der Waals surface area contributed by atoms with Gasteiger partial charge in [0, 0.05) is 0 Å². The van der Waals surface area contributed by atoms with Crippen molar-refractivity contribution in [2.75, 3.05) is 6.61 Å². The highest BCUT2D eigenvalue weighted by Crippen LogP contribution is 2.54. The molecule has 0 saturated carbocycles. The van der Waals surface area contributed by atoms with Gasteiger partial charge >= 0.3 is 0 Å². The summed E-state index contributed by atoms with van der Waals surface area (Å²) in [6, 6.07) is 0. The molecule has 0 bridgehead atoms. The molecular formula is C4H3Br7O. The van der Waals surface area contributed by atoms with Crippen LogP contribution in [0.25, 0.3) is 0 Å². The first-order valence-corrected chi connectivity index (χ1v) is 8.18. The van der Waals surface area contributed by atoms with Crippen molar-refractivity contribution in [2.24, 2.45) is 0 Å². The maximum absolute atomic E-state index is 4.86. The highest BCUT2D eigenvalue weighted by Gasteiger charge is 2.49. The first-order chi connectivity index (χ1) is 5.25. The topological polar surface area (TPSA) is 9.23 Å². The van der Waals surface area contributed by atoms with Gasteiger partial charge in [0.15, 0.2) is 0 Å². The van der Waals surface area contributed by atoms with E-state index in [1.807, 2.05) is 0 Å². The van der Waals surface area contributed by atoms with Gasteiger partial charge in [-0.1, -0.05) is 95.6 Å². The molecule has 0 spiro atoms. The molecule has 0 aliphatic carbocycles. The lowest BCUT2D eigenvalue weighted by Crippen LogP contribution is -2.42. The molecule has 12 heavy (non-hydrogen) atoms. The van der Waals surface area contributed by atoms with Gasteiger partial charge in [-0.15, -0.1) is 0 Å². The maximum Gasteiger partial charge on any atom is 0.132 e. The molecule has 0 aliphatic heterocycles. The van der Waals surface area contributed by atoms with Crippen molar-refractivity contribution in [1.82, 2.24) is 0 Å². The van der Waals surface area contributed by atoms with Crippen molar-refractivity contribution in [2.45, 2.75) is 10.2 Å². The van der Waals surface area contributed by atoms with Crippen molar-refractivity contribution < 1.29 is 3.83 Å². The van der Waals surface area contributed by atoms with Crippen LogP contribution in [0.2, 0.25) is 0 Å². The Bertz CT molecular complexity index is 144. The molecule has 0 aromatic carbocycles. The Morgan fingerprint density at radius 3 is 1.75 bits per heavy atom. The predicted molar refractivity (Wildman–Crippen MR) is 77.7 cm³/mol. The first kappa shape index (κ1) is 15.3. The Morgan fingerprint density at radius 1 is 1.08 bits per heavy atom. The fourth-order valence-electron chi connectivity index (χ4n) is 0.324. The van der Waals surface area contributed by atoms with Crippen molar-refractivity contribution in [1.29, 1.82) is 0 Å². The molecule has 0 unspecified atom stereocenters. The minimum absolute atomic E-state index is 0.0268. The lowest BCUT2D eigenvalue weighted by atomic mass is 10.3. The number of hydrogen-bond acceptors (Lipinski definition) is 1. The van der Waals surface area contributed by atoms with Crippen LogP contribution in [0.4, 0.5) is 0 Å². The zero-order valence-electron chi connectivity index (χ0n) is 5.34. The molecule has 8 heteroatoms. The van der Waals surface area contributed by atoms with Crippen LogP contribution in [0.3, 0.4) is 0 Å². The Hall–Kier alpha value is 3.32. The largest absolute Gasteiger partial charge is 0.305 e. The van der Waals surface area contributed by atoms with Gasteiger partial charge in [-0.25, -0.2) is 0 Å². The lowest BCUT2D eigenvalue weighted by molar-refractivity contribution is 0.383. The molecule has 0 radical (unpaired) electrons. The maximum atomic E-state index is 4.86. The highest BCUT2D eigenvalue weighted by molar-refractivity contribution is 9.32. The minimum Gasteiger partial charge on any atom is -0.305 e. The summed E-state index contributed by atoms with van der Waals surface area (Å²) in [5, 5.41) is 0. The molecule has 0 heterocycles. The van der Waals surface area contributed by atoms with Crippen LogP contribution >= 0.6 is 112 Å². The molecule has 0 N–H and O–H groups in total. The molecule has 0 saturated heterocycles. The van der Waals surface area contributed by atoms with Crippen LogP contribution in [0, 0.1) is 0 Å². The van der Waals surface area contributed by atoms with Gasteiger partial charge in [0.25, 0.3) is 0 Å². The quantitative estimate of drug-likeness (QED) is 0.380. The molecule has 0 fully saturated rings.